The Kier molecular flexibility index (Phi) is 5.91. The number of aryl methyl sites for hydroxylation is 2. The van der Waals surface area contributed by atoms with Crippen LogP contribution in [0.15, 0.2) is 24.8 Å². The fourth-order valence-corrected chi connectivity index (χ4v) is 0.688. The van der Waals surface area contributed by atoms with Gasteiger partial charge in [0.05, 0.1) is 0 Å². The Morgan fingerprint density at radius 1 is 0.923 bits per heavy atom. The van der Waals surface area contributed by atoms with E-state index in [0.717, 1.165) is 11.6 Å². The molecule has 0 fully saturated rings. The number of imidazole rings is 2. The number of hydrogen-bond donors (Lipinski definition) is 2. The van der Waals surface area contributed by atoms with Crippen molar-refractivity contribution in [3.8, 4) is 0 Å². The van der Waals surface area contributed by atoms with Gasteiger partial charge in [-0.15, -0.1) is 0 Å². The molecule has 5 heteroatoms. The molecule has 0 aliphatic carbocycles. The van der Waals surface area contributed by atoms with Crippen molar-refractivity contribution in [2.45, 2.75) is 13.8 Å². The first-order valence-corrected chi connectivity index (χ1v) is 3.71. The van der Waals surface area contributed by atoms with Crippen LogP contribution in [0.1, 0.15) is 11.6 Å². The summed E-state index contributed by atoms with van der Waals surface area (Å²) < 4.78 is 0. The molecule has 0 saturated heterocycles. The summed E-state index contributed by atoms with van der Waals surface area (Å²) in [6, 6.07) is 0. The van der Waals surface area contributed by atoms with Crippen LogP contribution in [0.5, 0.6) is 0 Å². The Morgan fingerprint density at radius 2 is 1.31 bits per heavy atom. The van der Waals surface area contributed by atoms with Crippen LogP contribution in [0.25, 0.3) is 0 Å². The van der Waals surface area contributed by atoms with Gasteiger partial charge < -0.3 is 9.97 Å². The monoisotopic (exact) mass is 223 g/mol. The minimum absolute atomic E-state index is 0. The Hall–Kier alpha value is -1.07. The second-order valence-electron chi connectivity index (χ2n) is 2.35. The summed E-state index contributed by atoms with van der Waals surface area (Å²) in [6.45, 7) is 3.83. The summed E-state index contributed by atoms with van der Waals surface area (Å²) in [5.74, 6) is 1.94. The molecule has 0 aliphatic rings. The standard InChI is InChI=1S/2C4H6N2.Co/c2*1-4-5-2-3-6-4;/h2*2-3H,1H3,(H,5,6);/q;;+2. The number of H-pyrrole nitrogens is 2. The maximum absolute atomic E-state index is 3.86. The molecule has 13 heavy (non-hydrogen) atoms. The largest absolute Gasteiger partial charge is 2.00 e. The van der Waals surface area contributed by atoms with Crippen LogP contribution >= 0.6 is 0 Å². The van der Waals surface area contributed by atoms with Gasteiger partial charge in [0.25, 0.3) is 0 Å². The molecule has 71 valence electrons. The molecule has 0 spiro atoms. The Morgan fingerprint density at radius 3 is 1.38 bits per heavy atom. The van der Waals surface area contributed by atoms with E-state index in [9.17, 15) is 0 Å². The summed E-state index contributed by atoms with van der Waals surface area (Å²) in [7, 11) is 0. The SMILES string of the molecule is Cc1ncc[nH]1.Cc1ncc[nH]1.[Co+2]. The van der Waals surface area contributed by atoms with Crippen molar-refractivity contribution in [1.82, 2.24) is 19.9 Å². The number of aromatic nitrogens is 4. The Bertz CT molecular complexity index is 256. The molecule has 2 aromatic heterocycles. The number of nitrogens with one attached hydrogen (secondary N) is 2. The van der Waals surface area contributed by atoms with E-state index in [1.54, 1.807) is 24.8 Å². The van der Waals surface area contributed by atoms with Crippen LogP contribution in [0.4, 0.5) is 0 Å². The predicted molar refractivity (Wildman–Crippen MR) is 46.6 cm³/mol. The quantitative estimate of drug-likeness (QED) is 0.709. The fourth-order valence-electron chi connectivity index (χ4n) is 0.688. The molecule has 4 nitrogen and oxygen atoms in total. The van der Waals surface area contributed by atoms with E-state index in [4.69, 9.17) is 0 Å². The molecular formula is C8H12CoN4+2. The molecule has 0 aliphatic heterocycles. The van der Waals surface area contributed by atoms with Gasteiger partial charge in [0, 0.05) is 24.8 Å². The first-order valence-electron chi connectivity index (χ1n) is 3.71. The predicted octanol–water partition coefficient (Wildman–Crippen LogP) is 1.43. The van der Waals surface area contributed by atoms with Gasteiger partial charge >= 0.3 is 16.8 Å². The zero-order valence-corrected chi connectivity index (χ0v) is 8.58. The molecule has 0 saturated carbocycles. The molecule has 2 N–H and O–H groups in total. The Labute approximate surface area is 87.4 Å². The average Bonchev–Trinajstić information content (AvgIpc) is 2.63. The average molecular weight is 223 g/mol. The fraction of sp³-hybridized carbons (Fsp3) is 0.250. The van der Waals surface area contributed by atoms with E-state index in [2.05, 4.69) is 19.9 Å². The minimum Gasteiger partial charge on any atom is -0.349 e. The van der Waals surface area contributed by atoms with Crippen molar-refractivity contribution in [1.29, 1.82) is 0 Å². The maximum atomic E-state index is 3.86. The van der Waals surface area contributed by atoms with Crippen LogP contribution in [-0.4, -0.2) is 19.9 Å². The van der Waals surface area contributed by atoms with Crippen molar-refractivity contribution in [2.24, 2.45) is 0 Å². The number of rotatable bonds is 0. The van der Waals surface area contributed by atoms with Crippen molar-refractivity contribution < 1.29 is 16.8 Å². The molecule has 0 amide bonds. The van der Waals surface area contributed by atoms with E-state index in [-0.39, 0.29) is 16.8 Å². The topological polar surface area (TPSA) is 57.4 Å². The summed E-state index contributed by atoms with van der Waals surface area (Å²) in [5.41, 5.74) is 0. The summed E-state index contributed by atoms with van der Waals surface area (Å²) >= 11 is 0. The minimum atomic E-state index is 0. The maximum Gasteiger partial charge on any atom is 2.00 e. The molecular weight excluding hydrogens is 211 g/mol. The van der Waals surface area contributed by atoms with Crippen LogP contribution in [0.3, 0.4) is 0 Å². The third-order valence-electron chi connectivity index (χ3n) is 1.27. The zero-order valence-electron chi connectivity index (χ0n) is 7.54. The van der Waals surface area contributed by atoms with Gasteiger partial charge in [0.2, 0.25) is 0 Å². The van der Waals surface area contributed by atoms with Crippen molar-refractivity contribution in [2.75, 3.05) is 0 Å². The normalized spacial score (nSPS) is 8.15. The smallest absolute Gasteiger partial charge is 0.349 e. The van der Waals surface area contributed by atoms with Gasteiger partial charge in [-0.2, -0.15) is 0 Å². The number of nitrogens with zero attached hydrogens (tertiary/aromatic N) is 2. The van der Waals surface area contributed by atoms with Crippen molar-refractivity contribution in [3.05, 3.63) is 36.4 Å². The first-order chi connectivity index (χ1) is 5.79. The molecule has 0 atom stereocenters. The molecule has 2 heterocycles. The van der Waals surface area contributed by atoms with Gasteiger partial charge in [-0.1, -0.05) is 0 Å². The Balaban J connectivity index is 0.000000206. The van der Waals surface area contributed by atoms with Gasteiger partial charge in [-0.25, -0.2) is 9.97 Å². The third kappa shape index (κ3) is 5.21. The summed E-state index contributed by atoms with van der Waals surface area (Å²) in [5, 5.41) is 0. The van der Waals surface area contributed by atoms with E-state index in [1.165, 1.54) is 0 Å². The van der Waals surface area contributed by atoms with E-state index in [1.807, 2.05) is 13.8 Å². The molecule has 1 radical (unpaired) electrons. The van der Waals surface area contributed by atoms with Crippen LogP contribution in [0.2, 0.25) is 0 Å². The summed E-state index contributed by atoms with van der Waals surface area (Å²) in [6.07, 6.45) is 7.06. The van der Waals surface area contributed by atoms with Gasteiger partial charge in [-0.05, 0) is 13.8 Å². The van der Waals surface area contributed by atoms with Crippen LogP contribution < -0.4 is 0 Å². The third-order valence-corrected chi connectivity index (χ3v) is 1.27. The van der Waals surface area contributed by atoms with Crippen molar-refractivity contribution in [3.63, 3.8) is 0 Å². The van der Waals surface area contributed by atoms with Crippen molar-refractivity contribution >= 4 is 0 Å². The molecule has 0 bridgehead atoms. The zero-order chi connectivity index (χ0) is 8.81. The summed E-state index contributed by atoms with van der Waals surface area (Å²) in [4.78, 5) is 13.5. The number of aromatic amines is 2. The molecule has 0 unspecified atom stereocenters. The first kappa shape index (κ1) is 11.9. The van der Waals surface area contributed by atoms with Crippen LogP contribution in [-0.2, 0) is 16.8 Å². The van der Waals surface area contributed by atoms with Gasteiger partial charge in [0.15, 0.2) is 0 Å². The van der Waals surface area contributed by atoms with Gasteiger partial charge in [0.1, 0.15) is 11.6 Å². The molecule has 2 aromatic rings. The van der Waals surface area contributed by atoms with E-state index >= 15 is 0 Å². The second-order valence-corrected chi connectivity index (χ2v) is 2.35. The van der Waals surface area contributed by atoms with E-state index < -0.39 is 0 Å². The van der Waals surface area contributed by atoms with Crippen LogP contribution in [0, 0.1) is 13.8 Å². The molecule has 0 aromatic carbocycles. The second kappa shape index (κ2) is 6.44. The number of hydrogen-bond acceptors (Lipinski definition) is 2. The molecule has 2 rings (SSSR count). The van der Waals surface area contributed by atoms with Gasteiger partial charge in [-0.3, -0.25) is 0 Å². The van der Waals surface area contributed by atoms with E-state index in [0.29, 0.717) is 0 Å².